The highest BCUT2D eigenvalue weighted by Crippen LogP contribution is 2.12. The average Bonchev–Trinajstić information content (AvgIpc) is 2.37. The molecule has 4 heteroatoms. The van der Waals surface area contributed by atoms with E-state index < -0.39 is 0 Å². The van der Waals surface area contributed by atoms with Gasteiger partial charge in [0.2, 0.25) is 0 Å². The third-order valence-electron chi connectivity index (χ3n) is 2.67. The standard InChI is InChI=1S/C13H19N3O/c1-2-4-11(7-8-17)10-15-13-6-3-5-12(9-14)16-13/h3,5-6,11,17H,2,4,7-8,10H2,1H3,(H,15,16). The second-order valence-electron chi connectivity index (χ2n) is 4.07. The molecule has 0 aliphatic rings. The van der Waals surface area contributed by atoms with E-state index >= 15 is 0 Å². The Bertz CT molecular complexity index is 367. The Morgan fingerprint density at radius 3 is 2.94 bits per heavy atom. The number of rotatable bonds is 7. The van der Waals surface area contributed by atoms with Gasteiger partial charge in [-0.25, -0.2) is 4.98 Å². The van der Waals surface area contributed by atoms with Gasteiger partial charge in [-0.2, -0.15) is 5.26 Å². The SMILES string of the molecule is CCCC(CCO)CNc1cccc(C#N)n1. The van der Waals surface area contributed by atoms with E-state index in [-0.39, 0.29) is 6.61 Å². The molecule has 0 radical (unpaired) electrons. The van der Waals surface area contributed by atoms with Gasteiger partial charge in [0.15, 0.2) is 0 Å². The minimum absolute atomic E-state index is 0.220. The van der Waals surface area contributed by atoms with Gasteiger partial charge in [0.25, 0.3) is 0 Å². The first-order valence-corrected chi connectivity index (χ1v) is 6.02. The van der Waals surface area contributed by atoms with Crippen molar-refractivity contribution in [2.45, 2.75) is 26.2 Å². The van der Waals surface area contributed by atoms with Crippen molar-refractivity contribution in [2.24, 2.45) is 5.92 Å². The molecule has 0 aliphatic heterocycles. The van der Waals surface area contributed by atoms with Gasteiger partial charge in [0.1, 0.15) is 17.6 Å². The van der Waals surface area contributed by atoms with Gasteiger partial charge >= 0.3 is 0 Å². The van der Waals surface area contributed by atoms with E-state index in [4.69, 9.17) is 10.4 Å². The van der Waals surface area contributed by atoms with Crippen LogP contribution in [0, 0.1) is 17.2 Å². The molecule has 1 aromatic heterocycles. The van der Waals surface area contributed by atoms with E-state index in [1.807, 2.05) is 18.2 Å². The lowest BCUT2D eigenvalue weighted by molar-refractivity contribution is 0.255. The zero-order valence-electron chi connectivity index (χ0n) is 10.2. The van der Waals surface area contributed by atoms with Crippen LogP contribution in [-0.2, 0) is 0 Å². The van der Waals surface area contributed by atoms with E-state index in [2.05, 4.69) is 17.2 Å². The Kier molecular flexibility index (Phi) is 6.05. The molecule has 0 fully saturated rings. The number of nitriles is 1. The molecule has 4 nitrogen and oxygen atoms in total. The minimum Gasteiger partial charge on any atom is -0.396 e. The molecule has 17 heavy (non-hydrogen) atoms. The van der Waals surface area contributed by atoms with Crippen molar-refractivity contribution in [3.05, 3.63) is 23.9 Å². The maximum Gasteiger partial charge on any atom is 0.142 e. The number of hydrogen-bond donors (Lipinski definition) is 2. The predicted octanol–water partition coefficient (Wildman–Crippen LogP) is 2.16. The van der Waals surface area contributed by atoms with Crippen LogP contribution in [0.4, 0.5) is 5.82 Å². The summed E-state index contributed by atoms with van der Waals surface area (Å²) in [6, 6.07) is 7.36. The molecule has 0 aromatic carbocycles. The van der Waals surface area contributed by atoms with Crippen LogP contribution in [0.25, 0.3) is 0 Å². The molecule has 0 aliphatic carbocycles. The minimum atomic E-state index is 0.220. The first-order valence-electron chi connectivity index (χ1n) is 6.02. The zero-order valence-corrected chi connectivity index (χ0v) is 10.2. The summed E-state index contributed by atoms with van der Waals surface area (Å²) in [4.78, 5) is 4.15. The van der Waals surface area contributed by atoms with Crippen molar-refractivity contribution in [3.8, 4) is 6.07 Å². The highest BCUT2D eigenvalue weighted by atomic mass is 16.3. The van der Waals surface area contributed by atoms with E-state index in [1.165, 1.54) is 0 Å². The molecule has 0 saturated carbocycles. The molecular weight excluding hydrogens is 214 g/mol. The molecule has 92 valence electrons. The second kappa shape index (κ2) is 7.64. The number of hydrogen-bond acceptors (Lipinski definition) is 4. The number of pyridine rings is 1. The highest BCUT2D eigenvalue weighted by Gasteiger charge is 2.07. The average molecular weight is 233 g/mol. The smallest absolute Gasteiger partial charge is 0.142 e. The fourth-order valence-corrected chi connectivity index (χ4v) is 1.78. The van der Waals surface area contributed by atoms with Crippen molar-refractivity contribution in [1.82, 2.24) is 4.98 Å². The van der Waals surface area contributed by atoms with Gasteiger partial charge in [-0.3, -0.25) is 0 Å². The number of aliphatic hydroxyl groups is 1. The molecule has 0 spiro atoms. The van der Waals surface area contributed by atoms with Crippen molar-refractivity contribution < 1.29 is 5.11 Å². The zero-order chi connectivity index (χ0) is 12.5. The summed E-state index contributed by atoms with van der Waals surface area (Å²) in [7, 11) is 0. The van der Waals surface area contributed by atoms with E-state index in [1.54, 1.807) is 6.07 Å². The van der Waals surface area contributed by atoms with Crippen LogP contribution in [-0.4, -0.2) is 23.2 Å². The lowest BCUT2D eigenvalue weighted by atomic mass is 10.0. The maximum atomic E-state index is 8.96. The maximum absolute atomic E-state index is 8.96. The third kappa shape index (κ3) is 4.83. The number of nitrogens with one attached hydrogen (secondary N) is 1. The lowest BCUT2D eigenvalue weighted by Gasteiger charge is -2.15. The first kappa shape index (κ1) is 13.5. The van der Waals surface area contributed by atoms with Crippen molar-refractivity contribution in [2.75, 3.05) is 18.5 Å². The first-order chi connectivity index (χ1) is 8.30. The largest absolute Gasteiger partial charge is 0.396 e. The van der Waals surface area contributed by atoms with E-state index in [0.717, 1.165) is 31.6 Å². The Labute approximate surface area is 102 Å². The van der Waals surface area contributed by atoms with Crippen molar-refractivity contribution in [3.63, 3.8) is 0 Å². The quantitative estimate of drug-likeness (QED) is 0.757. The summed E-state index contributed by atoms with van der Waals surface area (Å²) < 4.78 is 0. The van der Waals surface area contributed by atoms with Crippen molar-refractivity contribution >= 4 is 5.82 Å². The van der Waals surface area contributed by atoms with Crippen molar-refractivity contribution in [1.29, 1.82) is 5.26 Å². The monoisotopic (exact) mass is 233 g/mol. The lowest BCUT2D eigenvalue weighted by Crippen LogP contribution is -2.16. The Morgan fingerprint density at radius 2 is 2.29 bits per heavy atom. The summed E-state index contributed by atoms with van der Waals surface area (Å²) in [5, 5.41) is 20.9. The molecule has 1 aromatic rings. The number of nitrogens with zero attached hydrogens (tertiary/aromatic N) is 2. The number of aliphatic hydroxyl groups excluding tert-OH is 1. The molecule has 1 heterocycles. The molecule has 0 saturated heterocycles. The van der Waals surface area contributed by atoms with Crippen LogP contribution in [0.3, 0.4) is 0 Å². The summed E-state index contributed by atoms with van der Waals surface area (Å²) in [5.74, 6) is 1.18. The van der Waals surface area contributed by atoms with Gasteiger partial charge < -0.3 is 10.4 Å². The van der Waals surface area contributed by atoms with Crippen LogP contribution in [0.5, 0.6) is 0 Å². The van der Waals surface area contributed by atoms with Crippen LogP contribution >= 0.6 is 0 Å². The molecule has 2 N–H and O–H groups in total. The van der Waals surface area contributed by atoms with Crippen LogP contribution in [0.1, 0.15) is 31.9 Å². The summed E-state index contributed by atoms with van der Waals surface area (Å²) >= 11 is 0. The van der Waals surface area contributed by atoms with Crippen LogP contribution in [0.2, 0.25) is 0 Å². The predicted molar refractivity (Wildman–Crippen MR) is 67.5 cm³/mol. The fraction of sp³-hybridized carbons (Fsp3) is 0.538. The molecule has 0 amide bonds. The molecule has 1 atom stereocenters. The molecule has 1 rings (SSSR count). The second-order valence-corrected chi connectivity index (χ2v) is 4.07. The Hall–Kier alpha value is -1.60. The normalized spacial score (nSPS) is 11.8. The van der Waals surface area contributed by atoms with Gasteiger partial charge in [-0.15, -0.1) is 0 Å². The Morgan fingerprint density at radius 1 is 1.47 bits per heavy atom. The van der Waals surface area contributed by atoms with E-state index in [9.17, 15) is 0 Å². The summed E-state index contributed by atoms with van der Waals surface area (Å²) in [6.45, 7) is 3.15. The number of anilines is 1. The van der Waals surface area contributed by atoms with Gasteiger partial charge in [0, 0.05) is 13.2 Å². The highest BCUT2D eigenvalue weighted by molar-refractivity contribution is 5.38. The topological polar surface area (TPSA) is 68.9 Å². The molecule has 0 bridgehead atoms. The van der Waals surface area contributed by atoms with Gasteiger partial charge in [0.05, 0.1) is 0 Å². The van der Waals surface area contributed by atoms with Crippen LogP contribution in [0.15, 0.2) is 18.2 Å². The molecule has 1 unspecified atom stereocenters. The summed E-state index contributed by atoms with van der Waals surface area (Å²) in [6.07, 6.45) is 3.00. The third-order valence-corrected chi connectivity index (χ3v) is 2.67. The van der Waals surface area contributed by atoms with Gasteiger partial charge in [-0.05, 0) is 30.9 Å². The Balaban J connectivity index is 2.49. The number of aromatic nitrogens is 1. The van der Waals surface area contributed by atoms with E-state index in [0.29, 0.717) is 11.6 Å². The van der Waals surface area contributed by atoms with Gasteiger partial charge in [-0.1, -0.05) is 19.4 Å². The molecular formula is C13H19N3O. The summed E-state index contributed by atoms with van der Waals surface area (Å²) in [5.41, 5.74) is 0.421. The van der Waals surface area contributed by atoms with Crippen LogP contribution < -0.4 is 5.32 Å². The fourth-order valence-electron chi connectivity index (χ4n) is 1.78.